The van der Waals surface area contributed by atoms with Crippen molar-refractivity contribution >= 4 is 11.3 Å². The molecule has 6 heteroatoms. The monoisotopic (exact) mass is 272 g/mol. The fourth-order valence-corrected chi connectivity index (χ4v) is 2.40. The van der Waals surface area contributed by atoms with Gasteiger partial charge in [0, 0.05) is 31.4 Å². The van der Waals surface area contributed by atoms with Gasteiger partial charge in [-0.3, -0.25) is 9.97 Å². The maximum atomic E-state index is 5.23. The normalized spacial score (nSPS) is 10.7. The van der Waals surface area contributed by atoms with Crippen LogP contribution in [0.25, 0.3) is 0 Å². The molecule has 0 amide bonds. The molecule has 0 aliphatic carbocycles. The highest BCUT2D eigenvalue weighted by atomic mass is 32.1. The number of aryl methyl sites for hydroxylation is 2. The molecule has 0 fully saturated rings. The van der Waals surface area contributed by atoms with Crippen LogP contribution in [0.1, 0.15) is 23.0 Å². The van der Waals surface area contributed by atoms with Crippen molar-refractivity contribution in [2.75, 3.05) is 0 Å². The Hall–Kier alpha value is -2.08. The quantitative estimate of drug-likeness (QED) is 0.713. The summed E-state index contributed by atoms with van der Waals surface area (Å²) in [4.78, 5) is 12.6. The van der Waals surface area contributed by atoms with Crippen LogP contribution < -0.4 is 0 Å². The van der Waals surface area contributed by atoms with Gasteiger partial charge < -0.3 is 4.52 Å². The van der Waals surface area contributed by atoms with Crippen LogP contribution in [-0.2, 0) is 19.3 Å². The lowest BCUT2D eigenvalue weighted by Gasteiger charge is -1.94. The second-order valence-electron chi connectivity index (χ2n) is 4.11. The van der Waals surface area contributed by atoms with Gasteiger partial charge >= 0.3 is 0 Å². The molecule has 5 nitrogen and oxygen atoms in total. The largest absolute Gasteiger partial charge is 0.339 e. The van der Waals surface area contributed by atoms with Gasteiger partial charge in [0.2, 0.25) is 5.89 Å². The van der Waals surface area contributed by atoms with Crippen molar-refractivity contribution in [3.05, 3.63) is 58.4 Å². The zero-order valence-corrected chi connectivity index (χ0v) is 11.0. The van der Waals surface area contributed by atoms with E-state index in [4.69, 9.17) is 4.52 Å². The Morgan fingerprint density at radius 2 is 2.21 bits per heavy atom. The molecule has 3 aromatic heterocycles. The van der Waals surface area contributed by atoms with Crippen molar-refractivity contribution in [2.45, 2.75) is 19.3 Å². The Morgan fingerprint density at radius 1 is 1.21 bits per heavy atom. The van der Waals surface area contributed by atoms with E-state index in [0.717, 1.165) is 24.4 Å². The maximum Gasteiger partial charge on any atom is 0.227 e. The molecule has 0 aromatic carbocycles. The molecular weight excluding hydrogens is 260 g/mol. The molecule has 0 aliphatic heterocycles. The van der Waals surface area contributed by atoms with E-state index in [-0.39, 0.29) is 0 Å². The molecule has 19 heavy (non-hydrogen) atoms. The SMILES string of the molecule is c1cnc(CCc2nc(Cc3ccsc3)no2)cn1. The second kappa shape index (κ2) is 5.71. The summed E-state index contributed by atoms with van der Waals surface area (Å²) in [5.74, 6) is 1.38. The molecule has 0 N–H and O–H groups in total. The predicted octanol–water partition coefficient (Wildman–Crippen LogP) is 2.30. The topological polar surface area (TPSA) is 64.7 Å². The zero-order valence-electron chi connectivity index (χ0n) is 10.2. The third-order valence-electron chi connectivity index (χ3n) is 2.66. The Kier molecular flexibility index (Phi) is 3.60. The molecule has 0 atom stereocenters. The van der Waals surface area contributed by atoms with Gasteiger partial charge in [0.1, 0.15) is 0 Å². The molecule has 0 aliphatic rings. The minimum Gasteiger partial charge on any atom is -0.339 e. The van der Waals surface area contributed by atoms with Gasteiger partial charge in [0.05, 0.1) is 5.69 Å². The molecule has 0 saturated heterocycles. The van der Waals surface area contributed by atoms with Crippen LogP contribution in [0.5, 0.6) is 0 Å². The van der Waals surface area contributed by atoms with Crippen LogP contribution in [0.2, 0.25) is 0 Å². The first kappa shape index (κ1) is 12.0. The average Bonchev–Trinajstić information content (AvgIpc) is 3.10. The molecule has 0 saturated carbocycles. The standard InChI is InChI=1S/C13H12N4OS/c1(11-8-14-4-5-15-11)2-13-16-12(17-18-13)7-10-3-6-19-9-10/h3-6,8-9H,1-2,7H2. The van der Waals surface area contributed by atoms with Gasteiger partial charge in [-0.05, 0) is 28.8 Å². The van der Waals surface area contributed by atoms with E-state index in [0.29, 0.717) is 12.3 Å². The zero-order chi connectivity index (χ0) is 12.9. The molecule has 0 bridgehead atoms. The minimum atomic E-state index is 0.649. The minimum absolute atomic E-state index is 0.649. The van der Waals surface area contributed by atoms with Crippen LogP contribution in [0.3, 0.4) is 0 Å². The van der Waals surface area contributed by atoms with E-state index in [1.165, 1.54) is 5.56 Å². The first-order valence-electron chi connectivity index (χ1n) is 5.97. The molecule has 0 radical (unpaired) electrons. The third-order valence-corrected chi connectivity index (χ3v) is 3.40. The van der Waals surface area contributed by atoms with Crippen molar-refractivity contribution < 1.29 is 4.52 Å². The summed E-state index contributed by atoms with van der Waals surface area (Å²) >= 11 is 1.67. The van der Waals surface area contributed by atoms with E-state index in [1.807, 2.05) is 5.38 Å². The fraction of sp³-hybridized carbons (Fsp3) is 0.231. The van der Waals surface area contributed by atoms with Gasteiger partial charge in [-0.25, -0.2) is 0 Å². The summed E-state index contributed by atoms with van der Waals surface area (Å²) in [6.45, 7) is 0. The summed E-state index contributed by atoms with van der Waals surface area (Å²) in [7, 11) is 0. The molecule has 3 rings (SSSR count). The Bertz CT molecular complexity index is 621. The van der Waals surface area contributed by atoms with Crippen LogP contribution in [0.4, 0.5) is 0 Å². The van der Waals surface area contributed by atoms with Gasteiger partial charge in [0.15, 0.2) is 5.82 Å². The summed E-state index contributed by atoms with van der Waals surface area (Å²) < 4.78 is 5.23. The van der Waals surface area contributed by atoms with E-state index < -0.39 is 0 Å². The van der Waals surface area contributed by atoms with Crippen LogP contribution in [-0.4, -0.2) is 20.1 Å². The Balaban J connectivity index is 1.59. The Labute approximate surface area is 114 Å². The van der Waals surface area contributed by atoms with Crippen LogP contribution >= 0.6 is 11.3 Å². The number of thiophene rings is 1. The smallest absolute Gasteiger partial charge is 0.227 e. The summed E-state index contributed by atoms with van der Waals surface area (Å²) in [5, 5.41) is 8.12. The second-order valence-corrected chi connectivity index (χ2v) is 4.89. The van der Waals surface area contributed by atoms with E-state index in [1.54, 1.807) is 29.9 Å². The van der Waals surface area contributed by atoms with Crippen LogP contribution in [0, 0.1) is 0 Å². The lowest BCUT2D eigenvalue weighted by molar-refractivity contribution is 0.373. The highest BCUT2D eigenvalue weighted by molar-refractivity contribution is 7.07. The third kappa shape index (κ3) is 3.23. The van der Waals surface area contributed by atoms with Crippen molar-refractivity contribution in [2.24, 2.45) is 0 Å². The summed E-state index contributed by atoms with van der Waals surface area (Å²) in [5.41, 5.74) is 2.14. The lowest BCUT2D eigenvalue weighted by atomic mass is 10.2. The molecule has 3 heterocycles. The lowest BCUT2D eigenvalue weighted by Crippen LogP contribution is -1.95. The van der Waals surface area contributed by atoms with Crippen molar-refractivity contribution in [1.29, 1.82) is 0 Å². The number of nitrogens with zero attached hydrogens (tertiary/aromatic N) is 4. The maximum absolute atomic E-state index is 5.23. The number of aromatic nitrogens is 4. The van der Waals surface area contributed by atoms with Gasteiger partial charge in [-0.2, -0.15) is 16.3 Å². The predicted molar refractivity (Wildman–Crippen MR) is 70.9 cm³/mol. The number of hydrogen-bond acceptors (Lipinski definition) is 6. The Morgan fingerprint density at radius 3 is 3.00 bits per heavy atom. The van der Waals surface area contributed by atoms with E-state index >= 15 is 0 Å². The first-order valence-corrected chi connectivity index (χ1v) is 6.92. The van der Waals surface area contributed by atoms with Crippen molar-refractivity contribution in [1.82, 2.24) is 20.1 Å². The fourth-order valence-electron chi connectivity index (χ4n) is 1.73. The highest BCUT2D eigenvalue weighted by Gasteiger charge is 2.08. The van der Waals surface area contributed by atoms with E-state index in [9.17, 15) is 0 Å². The molecule has 3 aromatic rings. The first-order chi connectivity index (χ1) is 9.40. The molecular formula is C13H12N4OS. The van der Waals surface area contributed by atoms with Crippen molar-refractivity contribution in [3.8, 4) is 0 Å². The molecule has 96 valence electrons. The van der Waals surface area contributed by atoms with Crippen LogP contribution in [0.15, 0.2) is 39.9 Å². The molecule has 0 spiro atoms. The van der Waals surface area contributed by atoms with E-state index in [2.05, 4.69) is 31.6 Å². The summed E-state index contributed by atoms with van der Waals surface area (Å²) in [6.07, 6.45) is 7.27. The number of hydrogen-bond donors (Lipinski definition) is 0. The van der Waals surface area contributed by atoms with Crippen molar-refractivity contribution in [3.63, 3.8) is 0 Å². The number of rotatable bonds is 5. The summed E-state index contributed by atoms with van der Waals surface area (Å²) in [6, 6.07) is 2.07. The van der Waals surface area contributed by atoms with Gasteiger partial charge in [0.25, 0.3) is 0 Å². The molecule has 0 unspecified atom stereocenters. The average molecular weight is 272 g/mol. The van der Waals surface area contributed by atoms with Gasteiger partial charge in [-0.1, -0.05) is 5.16 Å². The highest BCUT2D eigenvalue weighted by Crippen LogP contribution is 2.11. The van der Waals surface area contributed by atoms with Gasteiger partial charge in [-0.15, -0.1) is 0 Å².